The molecule has 0 atom stereocenters. The molecular formula is C19H20Cl2N2O2. The zero-order valence-corrected chi connectivity index (χ0v) is 15.3. The Labute approximate surface area is 157 Å². The minimum absolute atomic E-state index is 0.137. The summed E-state index contributed by atoms with van der Waals surface area (Å²) in [4.78, 5) is 11.7. The van der Waals surface area contributed by atoms with Crippen LogP contribution >= 0.6 is 23.2 Å². The molecule has 6 heteroatoms. The molecular weight excluding hydrogens is 359 g/mol. The lowest BCUT2D eigenvalue weighted by Gasteiger charge is -2.07. The Hall–Kier alpha value is -2.04. The highest BCUT2D eigenvalue weighted by Gasteiger charge is 2.04. The van der Waals surface area contributed by atoms with Crippen LogP contribution in [0.2, 0.25) is 10.0 Å². The van der Waals surface area contributed by atoms with E-state index < -0.39 is 0 Å². The van der Waals surface area contributed by atoms with Crippen molar-refractivity contribution >= 4 is 35.3 Å². The third-order valence-electron chi connectivity index (χ3n) is 3.39. The van der Waals surface area contributed by atoms with Gasteiger partial charge in [-0.25, -0.2) is 5.43 Å². The topological polar surface area (TPSA) is 50.7 Å². The van der Waals surface area contributed by atoms with Crippen LogP contribution in [0.3, 0.4) is 0 Å². The average molecular weight is 379 g/mol. The van der Waals surface area contributed by atoms with Crippen molar-refractivity contribution in [3.8, 4) is 5.75 Å². The van der Waals surface area contributed by atoms with E-state index >= 15 is 0 Å². The summed E-state index contributed by atoms with van der Waals surface area (Å²) in [6.07, 6.45) is 4.30. The second-order valence-corrected chi connectivity index (χ2v) is 6.24. The van der Waals surface area contributed by atoms with Crippen molar-refractivity contribution in [1.82, 2.24) is 5.43 Å². The maximum atomic E-state index is 11.7. The van der Waals surface area contributed by atoms with Crippen molar-refractivity contribution in [2.75, 3.05) is 6.61 Å². The van der Waals surface area contributed by atoms with Gasteiger partial charge in [0.25, 0.3) is 0 Å². The van der Waals surface area contributed by atoms with E-state index in [2.05, 4.69) is 22.7 Å². The molecule has 2 rings (SSSR count). The van der Waals surface area contributed by atoms with Crippen LogP contribution < -0.4 is 10.2 Å². The molecule has 2 aromatic carbocycles. The first-order valence-electron chi connectivity index (χ1n) is 8.07. The molecule has 0 bridgehead atoms. The molecule has 0 saturated carbocycles. The average Bonchev–Trinajstić information content (AvgIpc) is 2.61. The number of nitrogens with zero attached hydrogens (tertiary/aromatic N) is 1. The van der Waals surface area contributed by atoms with Gasteiger partial charge in [0.15, 0.2) is 0 Å². The lowest BCUT2D eigenvalue weighted by atomic mass is 10.1. The Morgan fingerprint density at radius 2 is 1.96 bits per heavy atom. The molecule has 0 aliphatic rings. The summed E-state index contributed by atoms with van der Waals surface area (Å²) in [5.41, 5.74) is 3.77. The first kappa shape index (κ1) is 19.3. The number of rotatable bonds is 9. The number of hydrazone groups is 1. The van der Waals surface area contributed by atoms with Crippen LogP contribution in [-0.2, 0) is 11.2 Å². The van der Waals surface area contributed by atoms with Gasteiger partial charge < -0.3 is 4.74 Å². The number of amides is 1. The van der Waals surface area contributed by atoms with Gasteiger partial charge >= 0.3 is 0 Å². The Kier molecular flexibility index (Phi) is 8.29. The lowest BCUT2D eigenvalue weighted by Crippen LogP contribution is -2.18. The number of hydrogen-bond acceptors (Lipinski definition) is 3. The van der Waals surface area contributed by atoms with E-state index in [-0.39, 0.29) is 5.91 Å². The van der Waals surface area contributed by atoms with Crippen LogP contribution in [0.15, 0.2) is 53.6 Å². The van der Waals surface area contributed by atoms with Crippen molar-refractivity contribution in [3.63, 3.8) is 0 Å². The van der Waals surface area contributed by atoms with E-state index in [1.807, 2.05) is 18.2 Å². The normalized spacial score (nSPS) is 10.8. The van der Waals surface area contributed by atoms with Crippen molar-refractivity contribution in [3.05, 3.63) is 64.1 Å². The summed E-state index contributed by atoms with van der Waals surface area (Å²) in [5.74, 6) is 0.423. The summed E-state index contributed by atoms with van der Waals surface area (Å²) in [5, 5.41) is 4.96. The molecule has 4 nitrogen and oxygen atoms in total. The van der Waals surface area contributed by atoms with Gasteiger partial charge in [0.1, 0.15) is 5.75 Å². The highest BCUT2D eigenvalue weighted by Crippen LogP contribution is 2.27. The zero-order chi connectivity index (χ0) is 17.9. The second kappa shape index (κ2) is 10.7. The second-order valence-electron chi connectivity index (χ2n) is 5.40. The summed E-state index contributed by atoms with van der Waals surface area (Å²) < 4.78 is 5.53. The van der Waals surface area contributed by atoms with E-state index in [1.165, 1.54) is 5.56 Å². The largest absolute Gasteiger partial charge is 0.492 e. The fraction of sp³-hybridized carbons (Fsp3) is 0.263. The van der Waals surface area contributed by atoms with Gasteiger partial charge in [-0.1, -0.05) is 53.5 Å². The predicted molar refractivity (Wildman–Crippen MR) is 103 cm³/mol. The third kappa shape index (κ3) is 7.59. The predicted octanol–water partition coefficient (Wildman–Crippen LogP) is 4.89. The molecule has 0 fully saturated rings. The molecule has 0 unspecified atom stereocenters. The molecule has 1 N–H and O–H groups in total. The molecule has 0 aromatic heterocycles. The number of hydrogen-bond donors (Lipinski definition) is 1. The first-order valence-corrected chi connectivity index (χ1v) is 8.83. The lowest BCUT2D eigenvalue weighted by molar-refractivity contribution is -0.121. The van der Waals surface area contributed by atoms with Crippen molar-refractivity contribution in [1.29, 1.82) is 0 Å². The van der Waals surface area contributed by atoms with Gasteiger partial charge in [0.2, 0.25) is 5.91 Å². The van der Waals surface area contributed by atoms with E-state index in [0.717, 1.165) is 12.8 Å². The van der Waals surface area contributed by atoms with Crippen molar-refractivity contribution in [2.45, 2.75) is 25.7 Å². The minimum atomic E-state index is -0.137. The smallest absolute Gasteiger partial charge is 0.240 e. The number of nitrogens with one attached hydrogen (secondary N) is 1. The van der Waals surface area contributed by atoms with Gasteiger partial charge in [-0.15, -0.1) is 0 Å². The van der Waals surface area contributed by atoms with E-state index in [1.54, 1.807) is 24.4 Å². The SMILES string of the molecule is O=C(CCCOc1ccc(Cl)cc1Cl)NN=CCCc1ccccc1. The number of carbonyl (C=O) groups is 1. The van der Waals surface area contributed by atoms with Crippen LogP contribution in [-0.4, -0.2) is 18.7 Å². The van der Waals surface area contributed by atoms with Gasteiger partial charge in [-0.3, -0.25) is 4.79 Å². The van der Waals surface area contributed by atoms with Crippen LogP contribution in [0.5, 0.6) is 5.75 Å². The Balaban J connectivity index is 1.57. The minimum Gasteiger partial charge on any atom is -0.492 e. The Morgan fingerprint density at radius 3 is 2.72 bits per heavy atom. The monoisotopic (exact) mass is 378 g/mol. The summed E-state index contributed by atoms with van der Waals surface area (Å²) >= 11 is 11.8. The van der Waals surface area contributed by atoms with Crippen LogP contribution in [0.1, 0.15) is 24.8 Å². The van der Waals surface area contributed by atoms with Crippen LogP contribution in [0, 0.1) is 0 Å². The molecule has 25 heavy (non-hydrogen) atoms. The van der Waals surface area contributed by atoms with Gasteiger partial charge in [0, 0.05) is 17.7 Å². The van der Waals surface area contributed by atoms with E-state index in [9.17, 15) is 4.79 Å². The van der Waals surface area contributed by atoms with Crippen LogP contribution in [0.25, 0.3) is 0 Å². The molecule has 0 aliphatic carbocycles. The molecule has 2 aromatic rings. The molecule has 1 amide bonds. The quantitative estimate of drug-likeness (QED) is 0.383. The molecule has 0 saturated heterocycles. The summed E-state index contributed by atoms with van der Waals surface area (Å²) in [6.45, 7) is 0.395. The molecule has 0 radical (unpaired) electrons. The van der Waals surface area contributed by atoms with Crippen molar-refractivity contribution < 1.29 is 9.53 Å². The maximum absolute atomic E-state index is 11.7. The van der Waals surface area contributed by atoms with Crippen LogP contribution in [0.4, 0.5) is 0 Å². The van der Waals surface area contributed by atoms with E-state index in [0.29, 0.717) is 35.2 Å². The summed E-state index contributed by atoms with van der Waals surface area (Å²) in [6, 6.07) is 15.2. The highest BCUT2D eigenvalue weighted by atomic mass is 35.5. The molecule has 132 valence electrons. The Morgan fingerprint density at radius 1 is 1.16 bits per heavy atom. The Bertz CT molecular complexity index is 706. The number of benzene rings is 2. The number of aryl methyl sites for hydroxylation is 1. The fourth-order valence-electron chi connectivity index (χ4n) is 2.12. The van der Waals surface area contributed by atoms with E-state index in [4.69, 9.17) is 27.9 Å². The molecule has 0 spiro atoms. The fourth-order valence-corrected chi connectivity index (χ4v) is 2.58. The maximum Gasteiger partial charge on any atom is 0.240 e. The molecule has 0 aliphatic heterocycles. The van der Waals surface area contributed by atoms with Crippen molar-refractivity contribution in [2.24, 2.45) is 5.10 Å². The van der Waals surface area contributed by atoms with Gasteiger partial charge in [-0.2, -0.15) is 5.10 Å². The molecule has 0 heterocycles. The third-order valence-corrected chi connectivity index (χ3v) is 3.92. The van der Waals surface area contributed by atoms with Gasteiger partial charge in [-0.05, 0) is 43.0 Å². The number of carbonyl (C=O) groups excluding carboxylic acids is 1. The number of ether oxygens (including phenoxy) is 1. The standard InChI is InChI=1S/C19H20Cl2N2O2/c20-16-10-11-18(17(21)14-16)25-13-5-9-19(24)23-22-12-4-8-15-6-2-1-3-7-15/h1-3,6-7,10-12,14H,4-5,8-9,13H2,(H,23,24). The van der Waals surface area contributed by atoms with Gasteiger partial charge in [0.05, 0.1) is 11.6 Å². The zero-order valence-electron chi connectivity index (χ0n) is 13.8. The summed E-state index contributed by atoms with van der Waals surface area (Å²) in [7, 11) is 0. The highest BCUT2D eigenvalue weighted by molar-refractivity contribution is 6.35. The number of halogens is 2. The first-order chi connectivity index (χ1) is 12.1.